The Labute approximate surface area is 181 Å². The molecule has 6 heteroatoms. The van der Waals surface area contributed by atoms with Crippen LogP contribution >= 0.6 is 0 Å². The van der Waals surface area contributed by atoms with Gasteiger partial charge in [-0.15, -0.1) is 0 Å². The van der Waals surface area contributed by atoms with E-state index in [-0.39, 0.29) is 12.1 Å². The summed E-state index contributed by atoms with van der Waals surface area (Å²) in [6, 6.07) is 20.7. The Bertz CT molecular complexity index is 1080. The van der Waals surface area contributed by atoms with Crippen molar-refractivity contribution in [3.05, 3.63) is 84.4 Å². The first kappa shape index (κ1) is 22.6. The van der Waals surface area contributed by atoms with Gasteiger partial charge in [-0.25, -0.2) is 9.87 Å². The Balaban J connectivity index is 1.81. The first-order valence-electron chi connectivity index (χ1n) is 10.0. The average molecular weight is 423 g/mol. The standard InChI is InChI=1S/C25H27FN2O3/c1-16(2)22(26)25(3,30)23(24(29)28-31)27-15-17-9-10-21-14-20(12-11-19(21)13-17)18-7-5-4-6-8-18/h4-14,22-23,27,30-31H,1,15H2,2-3H3,(H,28,29). The smallest absolute Gasteiger partial charge is 0.263 e. The van der Waals surface area contributed by atoms with Gasteiger partial charge in [-0.1, -0.05) is 61.2 Å². The van der Waals surface area contributed by atoms with E-state index in [2.05, 4.69) is 30.1 Å². The number of carbonyl (C=O) groups is 1. The second kappa shape index (κ2) is 9.39. The summed E-state index contributed by atoms with van der Waals surface area (Å²) in [5.41, 5.74) is 2.58. The monoisotopic (exact) mass is 422 g/mol. The van der Waals surface area contributed by atoms with E-state index in [1.54, 1.807) is 0 Å². The number of nitrogens with one attached hydrogen (secondary N) is 2. The molecule has 0 aliphatic heterocycles. The number of rotatable bonds is 8. The summed E-state index contributed by atoms with van der Waals surface area (Å²) in [6.45, 7) is 6.33. The van der Waals surface area contributed by atoms with Gasteiger partial charge in [0, 0.05) is 6.54 Å². The summed E-state index contributed by atoms with van der Waals surface area (Å²) in [4.78, 5) is 12.1. The van der Waals surface area contributed by atoms with Gasteiger partial charge < -0.3 is 5.11 Å². The highest BCUT2D eigenvalue weighted by atomic mass is 19.1. The van der Waals surface area contributed by atoms with E-state index in [4.69, 9.17) is 5.21 Å². The third-order valence-corrected chi connectivity index (χ3v) is 5.42. The van der Waals surface area contributed by atoms with Crippen LogP contribution in [0.2, 0.25) is 0 Å². The van der Waals surface area contributed by atoms with E-state index >= 15 is 0 Å². The number of amides is 1. The van der Waals surface area contributed by atoms with Crippen LogP contribution < -0.4 is 10.8 Å². The molecule has 3 aromatic carbocycles. The minimum absolute atomic E-state index is 0.0856. The Hall–Kier alpha value is -3.06. The topological polar surface area (TPSA) is 81.6 Å². The van der Waals surface area contributed by atoms with Gasteiger partial charge in [0.25, 0.3) is 5.91 Å². The summed E-state index contributed by atoms with van der Waals surface area (Å²) in [6.07, 6.45) is -1.85. The van der Waals surface area contributed by atoms with Gasteiger partial charge in [0.05, 0.1) is 0 Å². The van der Waals surface area contributed by atoms with Crippen molar-refractivity contribution < 1.29 is 19.5 Å². The maximum absolute atomic E-state index is 14.5. The summed E-state index contributed by atoms with van der Waals surface area (Å²) < 4.78 is 14.5. The van der Waals surface area contributed by atoms with Crippen LogP contribution in [0.1, 0.15) is 19.4 Å². The highest BCUT2D eigenvalue weighted by Crippen LogP contribution is 2.26. The van der Waals surface area contributed by atoms with Gasteiger partial charge in [0.1, 0.15) is 11.6 Å². The Morgan fingerprint density at radius 1 is 1.06 bits per heavy atom. The molecule has 0 radical (unpaired) electrons. The Morgan fingerprint density at radius 2 is 1.71 bits per heavy atom. The third-order valence-electron chi connectivity index (χ3n) is 5.42. The molecule has 31 heavy (non-hydrogen) atoms. The summed E-state index contributed by atoms with van der Waals surface area (Å²) >= 11 is 0. The van der Waals surface area contributed by atoms with Crippen molar-refractivity contribution in [2.75, 3.05) is 0 Å². The molecule has 0 saturated heterocycles. The van der Waals surface area contributed by atoms with Crippen LogP contribution in [-0.4, -0.2) is 34.0 Å². The maximum Gasteiger partial charge on any atom is 0.263 e. The molecule has 0 aromatic heterocycles. The molecule has 0 aliphatic rings. The number of benzene rings is 3. The molecule has 0 bridgehead atoms. The molecule has 0 spiro atoms. The van der Waals surface area contributed by atoms with Crippen LogP contribution in [0.15, 0.2) is 78.9 Å². The molecule has 0 fully saturated rings. The molecule has 1 amide bonds. The summed E-state index contributed by atoms with van der Waals surface area (Å²) in [5.74, 6) is -0.929. The highest BCUT2D eigenvalue weighted by molar-refractivity contribution is 5.88. The van der Waals surface area contributed by atoms with Crippen molar-refractivity contribution in [3.8, 4) is 11.1 Å². The van der Waals surface area contributed by atoms with E-state index in [0.717, 1.165) is 27.5 Å². The number of alkyl halides is 1. The van der Waals surface area contributed by atoms with E-state index in [0.29, 0.717) is 0 Å². The first-order chi connectivity index (χ1) is 14.7. The number of hydrogen-bond acceptors (Lipinski definition) is 4. The number of carbonyl (C=O) groups excluding carboxylic acids is 1. The zero-order valence-corrected chi connectivity index (χ0v) is 17.6. The van der Waals surface area contributed by atoms with Crippen molar-refractivity contribution >= 4 is 16.7 Å². The lowest BCUT2D eigenvalue weighted by molar-refractivity contribution is -0.141. The van der Waals surface area contributed by atoms with Gasteiger partial charge in [0.15, 0.2) is 6.17 Å². The maximum atomic E-state index is 14.5. The van der Waals surface area contributed by atoms with Crippen molar-refractivity contribution in [1.29, 1.82) is 0 Å². The predicted molar refractivity (Wildman–Crippen MR) is 120 cm³/mol. The third kappa shape index (κ3) is 4.99. The van der Waals surface area contributed by atoms with E-state index in [1.165, 1.54) is 19.3 Å². The lowest BCUT2D eigenvalue weighted by atomic mass is 9.87. The van der Waals surface area contributed by atoms with Crippen LogP contribution in [0.4, 0.5) is 4.39 Å². The summed E-state index contributed by atoms with van der Waals surface area (Å²) in [5, 5.41) is 24.6. The van der Waals surface area contributed by atoms with Crippen molar-refractivity contribution in [3.63, 3.8) is 0 Å². The van der Waals surface area contributed by atoms with Gasteiger partial charge in [0.2, 0.25) is 0 Å². The minimum atomic E-state index is -2.10. The molecule has 0 saturated carbocycles. The molecule has 0 heterocycles. The molecule has 0 aliphatic carbocycles. The average Bonchev–Trinajstić information content (AvgIpc) is 2.78. The van der Waals surface area contributed by atoms with Crippen LogP contribution in [0, 0.1) is 0 Å². The minimum Gasteiger partial charge on any atom is -0.385 e. The lowest BCUT2D eigenvalue weighted by Gasteiger charge is -2.35. The molecule has 4 N–H and O–H groups in total. The molecule has 5 nitrogen and oxygen atoms in total. The number of halogens is 1. The first-order valence-corrected chi connectivity index (χ1v) is 10.0. The fourth-order valence-corrected chi connectivity index (χ4v) is 3.71. The molecular weight excluding hydrogens is 395 g/mol. The van der Waals surface area contributed by atoms with Crippen LogP contribution in [0.25, 0.3) is 21.9 Å². The van der Waals surface area contributed by atoms with Gasteiger partial charge >= 0.3 is 0 Å². The largest absolute Gasteiger partial charge is 0.385 e. The van der Waals surface area contributed by atoms with Gasteiger partial charge in [-0.2, -0.15) is 0 Å². The Morgan fingerprint density at radius 3 is 2.35 bits per heavy atom. The van der Waals surface area contributed by atoms with Crippen molar-refractivity contribution in [1.82, 2.24) is 10.8 Å². The highest BCUT2D eigenvalue weighted by Gasteiger charge is 2.44. The van der Waals surface area contributed by atoms with Crippen molar-refractivity contribution in [2.24, 2.45) is 0 Å². The second-order valence-corrected chi connectivity index (χ2v) is 7.99. The molecule has 3 rings (SSSR count). The van der Waals surface area contributed by atoms with Crippen LogP contribution in [-0.2, 0) is 11.3 Å². The number of hydrogen-bond donors (Lipinski definition) is 4. The number of aliphatic hydroxyl groups is 1. The second-order valence-electron chi connectivity index (χ2n) is 7.99. The number of fused-ring (bicyclic) bond motifs is 1. The van der Waals surface area contributed by atoms with Crippen molar-refractivity contribution in [2.45, 2.75) is 38.2 Å². The zero-order chi connectivity index (χ0) is 22.6. The summed E-state index contributed by atoms with van der Waals surface area (Å²) in [7, 11) is 0. The molecule has 3 atom stereocenters. The fourth-order valence-electron chi connectivity index (χ4n) is 3.71. The van der Waals surface area contributed by atoms with E-state index in [9.17, 15) is 14.3 Å². The SMILES string of the molecule is C=C(C)C(F)C(C)(O)C(NCc1ccc2cc(-c3ccccc3)ccc2c1)C(=O)NO. The zero-order valence-electron chi connectivity index (χ0n) is 17.6. The molecule has 3 unspecified atom stereocenters. The van der Waals surface area contributed by atoms with E-state index in [1.807, 2.05) is 48.5 Å². The molecular formula is C25H27FN2O3. The number of hydroxylamine groups is 1. The Kier molecular flexibility index (Phi) is 6.85. The molecule has 162 valence electrons. The van der Waals surface area contributed by atoms with Gasteiger partial charge in [-0.3, -0.25) is 15.3 Å². The van der Waals surface area contributed by atoms with Crippen LogP contribution in [0.3, 0.4) is 0 Å². The predicted octanol–water partition coefficient (Wildman–Crippen LogP) is 4.14. The molecule has 3 aromatic rings. The lowest BCUT2D eigenvalue weighted by Crippen LogP contribution is -2.61. The van der Waals surface area contributed by atoms with Crippen LogP contribution in [0.5, 0.6) is 0 Å². The van der Waals surface area contributed by atoms with Gasteiger partial charge in [-0.05, 0) is 59.0 Å². The normalized spacial score (nSPS) is 15.1. The quantitative estimate of drug-likeness (QED) is 0.250. The van der Waals surface area contributed by atoms with E-state index < -0.39 is 23.7 Å². The fraction of sp³-hybridized carbons (Fsp3) is 0.240.